The van der Waals surface area contributed by atoms with Crippen LogP contribution in [0.5, 0.6) is 0 Å². The minimum Gasteiger partial charge on any atom is -0.338 e. The molecule has 116 valence electrons. The minimum absolute atomic E-state index is 0.236. The van der Waals surface area contributed by atoms with E-state index in [0.717, 1.165) is 28.8 Å². The number of hydrogen-bond acceptors (Lipinski definition) is 1. The van der Waals surface area contributed by atoms with Gasteiger partial charge in [0.15, 0.2) is 0 Å². The summed E-state index contributed by atoms with van der Waals surface area (Å²) < 4.78 is 13.1. The fourth-order valence-electron chi connectivity index (χ4n) is 2.37. The summed E-state index contributed by atoms with van der Waals surface area (Å²) >= 11 is 0. The topological polar surface area (TPSA) is 41.1 Å². The standard InChI is InChI=1S/C18H21FN2O/c1-3-15-8-4-6-13(2)17(15)21-18(22)20-11-10-14-7-5-9-16(19)12-14/h4-9,12H,3,10-11H2,1-2H3,(H2,20,21,22). The number of rotatable bonds is 5. The molecule has 0 bridgehead atoms. The Hall–Kier alpha value is -2.36. The molecule has 4 heteroatoms. The average Bonchev–Trinajstić information content (AvgIpc) is 2.49. The van der Waals surface area contributed by atoms with Gasteiger partial charge < -0.3 is 10.6 Å². The summed E-state index contributed by atoms with van der Waals surface area (Å²) in [4.78, 5) is 12.0. The maximum absolute atomic E-state index is 13.1. The van der Waals surface area contributed by atoms with Gasteiger partial charge >= 0.3 is 6.03 Å². The van der Waals surface area contributed by atoms with E-state index >= 15 is 0 Å². The highest BCUT2D eigenvalue weighted by molar-refractivity contribution is 5.91. The van der Waals surface area contributed by atoms with Gasteiger partial charge in [-0.1, -0.05) is 37.3 Å². The molecule has 0 aliphatic rings. The summed E-state index contributed by atoms with van der Waals surface area (Å²) in [6, 6.07) is 12.1. The number of nitrogens with one attached hydrogen (secondary N) is 2. The maximum Gasteiger partial charge on any atom is 0.319 e. The third-order valence-electron chi connectivity index (χ3n) is 3.57. The van der Waals surface area contributed by atoms with E-state index in [4.69, 9.17) is 0 Å². The lowest BCUT2D eigenvalue weighted by molar-refractivity contribution is 0.252. The Balaban J connectivity index is 1.89. The summed E-state index contributed by atoms with van der Waals surface area (Å²) in [5, 5.41) is 5.71. The van der Waals surface area contributed by atoms with Crippen molar-refractivity contribution in [2.75, 3.05) is 11.9 Å². The molecule has 2 N–H and O–H groups in total. The summed E-state index contributed by atoms with van der Waals surface area (Å²) in [5.74, 6) is -0.255. The SMILES string of the molecule is CCc1cccc(C)c1NC(=O)NCCc1cccc(F)c1. The van der Waals surface area contributed by atoms with E-state index in [1.165, 1.54) is 12.1 Å². The summed E-state index contributed by atoms with van der Waals surface area (Å²) in [6.45, 7) is 4.49. The lowest BCUT2D eigenvalue weighted by atomic mass is 10.1. The predicted molar refractivity (Wildman–Crippen MR) is 87.7 cm³/mol. The Morgan fingerprint density at radius 2 is 1.95 bits per heavy atom. The number of aryl methyl sites for hydroxylation is 2. The quantitative estimate of drug-likeness (QED) is 0.859. The second-order valence-electron chi connectivity index (χ2n) is 5.22. The molecule has 0 aromatic heterocycles. The van der Waals surface area contributed by atoms with Gasteiger partial charge in [-0.15, -0.1) is 0 Å². The Morgan fingerprint density at radius 1 is 1.18 bits per heavy atom. The van der Waals surface area contributed by atoms with E-state index in [0.29, 0.717) is 13.0 Å². The molecule has 0 saturated heterocycles. The van der Waals surface area contributed by atoms with Crippen LogP contribution in [0.15, 0.2) is 42.5 Å². The molecule has 0 atom stereocenters. The average molecular weight is 300 g/mol. The first-order valence-electron chi connectivity index (χ1n) is 7.48. The Bertz CT molecular complexity index is 655. The first kappa shape index (κ1) is 16.0. The first-order chi connectivity index (χ1) is 10.6. The summed E-state index contributed by atoms with van der Waals surface area (Å²) in [6.07, 6.45) is 1.46. The van der Waals surface area contributed by atoms with Crippen LogP contribution in [0.3, 0.4) is 0 Å². The number of halogens is 1. The highest BCUT2D eigenvalue weighted by atomic mass is 19.1. The van der Waals surface area contributed by atoms with Crippen LogP contribution >= 0.6 is 0 Å². The van der Waals surface area contributed by atoms with Crippen LogP contribution in [0.4, 0.5) is 14.9 Å². The third kappa shape index (κ3) is 4.32. The van der Waals surface area contributed by atoms with Gasteiger partial charge in [-0.3, -0.25) is 0 Å². The zero-order chi connectivity index (χ0) is 15.9. The minimum atomic E-state index is -0.255. The van der Waals surface area contributed by atoms with Crippen LogP contribution in [0.1, 0.15) is 23.6 Å². The van der Waals surface area contributed by atoms with Crippen LogP contribution in [0.2, 0.25) is 0 Å². The van der Waals surface area contributed by atoms with E-state index in [1.54, 1.807) is 6.07 Å². The van der Waals surface area contributed by atoms with Gasteiger partial charge in [-0.2, -0.15) is 0 Å². The Labute approximate surface area is 130 Å². The molecule has 0 spiro atoms. The molecule has 0 saturated carbocycles. The van der Waals surface area contributed by atoms with Crippen molar-refractivity contribution in [1.29, 1.82) is 0 Å². The second-order valence-corrected chi connectivity index (χ2v) is 5.22. The number of urea groups is 1. The van der Waals surface area contributed by atoms with Crippen molar-refractivity contribution >= 4 is 11.7 Å². The normalized spacial score (nSPS) is 10.3. The molecule has 22 heavy (non-hydrogen) atoms. The first-order valence-corrected chi connectivity index (χ1v) is 7.48. The number of amides is 2. The molecule has 0 aliphatic carbocycles. The van der Waals surface area contributed by atoms with E-state index in [9.17, 15) is 9.18 Å². The lowest BCUT2D eigenvalue weighted by Gasteiger charge is -2.13. The second kappa shape index (κ2) is 7.59. The van der Waals surface area contributed by atoms with E-state index in [-0.39, 0.29) is 11.8 Å². The molecule has 2 aromatic carbocycles. The van der Waals surface area contributed by atoms with Gasteiger partial charge in [0.05, 0.1) is 0 Å². The van der Waals surface area contributed by atoms with Crippen LogP contribution in [-0.4, -0.2) is 12.6 Å². The van der Waals surface area contributed by atoms with Gasteiger partial charge in [0, 0.05) is 12.2 Å². The molecular weight excluding hydrogens is 279 g/mol. The zero-order valence-corrected chi connectivity index (χ0v) is 12.9. The third-order valence-corrected chi connectivity index (χ3v) is 3.57. The largest absolute Gasteiger partial charge is 0.338 e. The number of benzene rings is 2. The van der Waals surface area contributed by atoms with Gasteiger partial charge in [-0.25, -0.2) is 9.18 Å². The van der Waals surface area contributed by atoms with Crippen molar-refractivity contribution < 1.29 is 9.18 Å². The molecule has 0 aliphatic heterocycles. The van der Waals surface area contributed by atoms with Crippen molar-refractivity contribution in [3.05, 3.63) is 65.0 Å². The lowest BCUT2D eigenvalue weighted by Crippen LogP contribution is -2.31. The summed E-state index contributed by atoms with van der Waals surface area (Å²) in [5.41, 5.74) is 3.89. The van der Waals surface area contributed by atoms with Gasteiger partial charge in [0.1, 0.15) is 5.82 Å². The van der Waals surface area contributed by atoms with E-state index in [1.807, 2.05) is 31.2 Å². The molecule has 0 unspecified atom stereocenters. The van der Waals surface area contributed by atoms with Crippen LogP contribution in [0, 0.1) is 12.7 Å². The Morgan fingerprint density at radius 3 is 2.68 bits per heavy atom. The van der Waals surface area contributed by atoms with Gasteiger partial charge in [-0.05, 0) is 48.6 Å². The monoisotopic (exact) mass is 300 g/mol. The fraction of sp³-hybridized carbons (Fsp3) is 0.278. The summed E-state index contributed by atoms with van der Waals surface area (Å²) in [7, 11) is 0. The van der Waals surface area contributed by atoms with Crippen molar-refractivity contribution in [3.8, 4) is 0 Å². The van der Waals surface area contributed by atoms with Crippen LogP contribution < -0.4 is 10.6 Å². The number of anilines is 1. The van der Waals surface area contributed by atoms with Crippen molar-refractivity contribution in [2.45, 2.75) is 26.7 Å². The highest BCUT2D eigenvalue weighted by Crippen LogP contribution is 2.20. The molecule has 2 amide bonds. The predicted octanol–water partition coefficient (Wildman–Crippen LogP) is 4.06. The molecule has 3 nitrogen and oxygen atoms in total. The Kier molecular flexibility index (Phi) is 5.53. The van der Waals surface area contributed by atoms with Crippen molar-refractivity contribution in [3.63, 3.8) is 0 Å². The van der Waals surface area contributed by atoms with Gasteiger partial charge in [0.25, 0.3) is 0 Å². The zero-order valence-electron chi connectivity index (χ0n) is 12.9. The molecule has 0 radical (unpaired) electrons. The van der Waals surface area contributed by atoms with Crippen molar-refractivity contribution in [2.24, 2.45) is 0 Å². The molecule has 2 aromatic rings. The molecule has 2 rings (SSSR count). The van der Waals surface area contributed by atoms with E-state index < -0.39 is 0 Å². The van der Waals surface area contributed by atoms with Crippen LogP contribution in [0.25, 0.3) is 0 Å². The molecule has 0 fully saturated rings. The van der Waals surface area contributed by atoms with E-state index in [2.05, 4.69) is 17.6 Å². The van der Waals surface area contributed by atoms with Gasteiger partial charge in [0.2, 0.25) is 0 Å². The number of para-hydroxylation sites is 1. The highest BCUT2D eigenvalue weighted by Gasteiger charge is 2.08. The molecular formula is C18H21FN2O. The van der Waals surface area contributed by atoms with Crippen molar-refractivity contribution in [1.82, 2.24) is 5.32 Å². The van der Waals surface area contributed by atoms with Crippen LogP contribution in [-0.2, 0) is 12.8 Å². The smallest absolute Gasteiger partial charge is 0.319 e. The number of hydrogen-bond donors (Lipinski definition) is 2. The maximum atomic E-state index is 13.1. The fourth-order valence-corrected chi connectivity index (χ4v) is 2.37. The molecule has 0 heterocycles. The number of carbonyl (C=O) groups excluding carboxylic acids is 1. The number of carbonyl (C=O) groups is 1.